The molecule has 2 aliphatic rings. The minimum absolute atomic E-state index is 0.227. The van der Waals surface area contributed by atoms with Crippen LogP contribution in [-0.4, -0.2) is 47.8 Å². The van der Waals surface area contributed by atoms with Gasteiger partial charge in [0.05, 0.1) is 0 Å². The van der Waals surface area contributed by atoms with Crippen molar-refractivity contribution in [3.05, 3.63) is 0 Å². The van der Waals surface area contributed by atoms with E-state index in [1.807, 2.05) is 0 Å². The highest BCUT2D eigenvalue weighted by Gasteiger charge is 2.39. The molecule has 3 nitrogen and oxygen atoms in total. The van der Waals surface area contributed by atoms with Crippen molar-refractivity contribution in [2.24, 2.45) is 5.41 Å². The lowest BCUT2D eigenvalue weighted by molar-refractivity contribution is 0.118. The van der Waals surface area contributed by atoms with E-state index in [0.29, 0.717) is 12.1 Å². The van der Waals surface area contributed by atoms with Gasteiger partial charge in [-0.15, -0.1) is 0 Å². The van der Waals surface area contributed by atoms with E-state index in [4.69, 9.17) is 0 Å². The van der Waals surface area contributed by atoms with Crippen molar-refractivity contribution >= 4 is 0 Å². The largest absolute Gasteiger partial charge is 0.396 e. The Balaban J connectivity index is 1.93. The van der Waals surface area contributed by atoms with Crippen molar-refractivity contribution < 1.29 is 5.11 Å². The molecule has 0 radical (unpaired) electrons. The Labute approximate surface area is 112 Å². The number of aliphatic hydroxyl groups excluding tert-OH is 1. The zero-order valence-corrected chi connectivity index (χ0v) is 12.4. The number of piperidine rings is 1. The van der Waals surface area contributed by atoms with Crippen LogP contribution in [0.1, 0.15) is 52.9 Å². The summed E-state index contributed by atoms with van der Waals surface area (Å²) in [4.78, 5) is 2.58. The lowest BCUT2D eigenvalue weighted by atomic mass is 9.83. The van der Waals surface area contributed by atoms with Gasteiger partial charge in [0.2, 0.25) is 0 Å². The maximum atomic E-state index is 9.24. The predicted octanol–water partition coefficient (Wildman–Crippen LogP) is 2.00. The minimum Gasteiger partial charge on any atom is -0.396 e. The highest BCUT2D eigenvalue weighted by molar-refractivity contribution is 4.97. The van der Waals surface area contributed by atoms with Crippen LogP contribution in [-0.2, 0) is 0 Å². The Hall–Kier alpha value is -0.120. The average Bonchev–Trinajstić information content (AvgIpc) is 2.51. The summed E-state index contributed by atoms with van der Waals surface area (Å²) in [6.07, 6.45) is 6.18. The van der Waals surface area contributed by atoms with Gasteiger partial charge < -0.3 is 15.3 Å². The number of nitrogens with zero attached hydrogens (tertiary/aromatic N) is 1. The minimum atomic E-state index is 0.227. The zero-order chi connectivity index (χ0) is 13.3. The molecule has 2 aliphatic heterocycles. The summed E-state index contributed by atoms with van der Waals surface area (Å²) in [7, 11) is 2.29. The van der Waals surface area contributed by atoms with Crippen LogP contribution in [0, 0.1) is 5.41 Å². The van der Waals surface area contributed by atoms with Crippen LogP contribution in [0.15, 0.2) is 0 Å². The van der Waals surface area contributed by atoms with Gasteiger partial charge in [-0.3, -0.25) is 0 Å². The molecule has 0 aromatic carbocycles. The lowest BCUT2D eigenvalue weighted by Crippen LogP contribution is -2.53. The van der Waals surface area contributed by atoms with Gasteiger partial charge >= 0.3 is 0 Å². The molecule has 2 bridgehead atoms. The summed E-state index contributed by atoms with van der Waals surface area (Å²) in [5.74, 6) is 0. The predicted molar refractivity (Wildman–Crippen MR) is 75.7 cm³/mol. The lowest BCUT2D eigenvalue weighted by Gasteiger charge is -2.41. The third kappa shape index (κ3) is 3.06. The SMILES string of the molecule is CN1C2CCC1CC(NC(CCO)C(C)(C)C)C2. The van der Waals surface area contributed by atoms with Gasteiger partial charge in [-0.2, -0.15) is 0 Å². The first-order chi connectivity index (χ1) is 8.41. The molecule has 2 N–H and O–H groups in total. The molecule has 3 heteroatoms. The normalized spacial score (nSPS) is 34.8. The average molecular weight is 254 g/mol. The number of fused-ring (bicyclic) bond motifs is 2. The summed E-state index contributed by atoms with van der Waals surface area (Å²) in [6.45, 7) is 7.09. The molecular formula is C15H30N2O. The molecular weight excluding hydrogens is 224 g/mol. The van der Waals surface area contributed by atoms with Gasteiger partial charge in [-0.1, -0.05) is 20.8 Å². The van der Waals surface area contributed by atoms with E-state index in [9.17, 15) is 5.11 Å². The van der Waals surface area contributed by atoms with Gasteiger partial charge in [0.25, 0.3) is 0 Å². The summed E-state index contributed by atoms with van der Waals surface area (Å²) < 4.78 is 0. The van der Waals surface area contributed by atoms with E-state index >= 15 is 0 Å². The summed E-state index contributed by atoms with van der Waals surface area (Å²) in [6, 6.07) is 2.65. The molecule has 3 atom stereocenters. The maximum absolute atomic E-state index is 9.24. The fourth-order valence-corrected chi connectivity index (χ4v) is 3.73. The fraction of sp³-hybridized carbons (Fsp3) is 1.00. The molecule has 0 amide bonds. The molecule has 2 saturated heterocycles. The second kappa shape index (κ2) is 5.48. The van der Waals surface area contributed by atoms with Crippen molar-refractivity contribution in [1.29, 1.82) is 0 Å². The van der Waals surface area contributed by atoms with Crippen molar-refractivity contribution in [3.8, 4) is 0 Å². The van der Waals surface area contributed by atoms with E-state index in [-0.39, 0.29) is 12.0 Å². The summed E-state index contributed by atoms with van der Waals surface area (Å²) in [5.41, 5.74) is 0.227. The molecule has 106 valence electrons. The Morgan fingerprint density at radius 3 is 2.22 bits per heavy atom. The van der Waals surface area contributed by atoms with E-state index in [2.05, 4.69) is 38.0 Å². The molecule has 2 rings (SSSR count). The summed E-state index contributed by atoms with van der Waals surface area (Å²) >= 11 is 0. The Bertz CT molecular complexity index is 260. The van der Waals surface area contributed by atoms with Gasteiger partial charge in [0.15, 0.2) is 0 Å². The number of aliphatic hydroxyl groups is 1. The third-order valence-electron chi connectivity index (χ3n) is 5.00. The highest BCUT2D eigenvalue weighted by Crippen LogP contribution is 2.35. The Kier molecular flexibility index (Phi) is 4.35. The number of rotatable bonds is 4. The Morgan fingerprint density at radius 2 is 1.78 bits per heavy atom. The van der Waals surface area contributed by atoms with Crippen molar-refractivity contribution in [2.45, 2.75) is 77.0 Å². The van der Waals surface area contributed by atoms with Crippen LogP contribution in [0.4, 0.5) is 0 Å². The molecule has 2 fully saturated rings. The van der Waals surface area contributed by atoms with Gasteiger partial charge in [-0.25, -0.2) is 0 Å². The van der Waals surface area contributed by atoms with Crippen molar-refractivity contribution in [2.75, 3.05) is 13.7 Å². The van der Waals surface area contributed by atoms with Crippen molar-refractivity contribution in [1.82, 2.24) is 10.2 Å². The monoisotopic (exact) mass is 254 g/mol. The first-order valence-corrected chi connectivity index (χ1v) is 7.50. The van der Waals surface area contributed by atoms with Crippen LogP contribution in [0.25, 0.3) is 0 Å². The number of hydrogen-bond acceptors (Lipinski definition) is 3. The molecule has 18 heavy (non-hydrogen) atoms. The van der Waals surface area contributed by atoms with Gasteiger partial charge in [-0.05, 0) is 44.6 Å². The first kappa shape index (κ1) is 14.3. The van der Waals surface area contributed by atoms with Gasteiger partial charge in [0, 0.05) is 30.8 Å². The third-order valence-corrected chi connectivity index (χ3v) is 5.00. The van der Waals surface area contributed by atoms with E-state index in [0.717, 1.165) is 18.5 Å². The van der Waals surface area contributed by atoms with Gasteiger partial charge in [0.1, 0.15) is 0 Å². The molecule has 0 aromatic heterocycles. The second-order valence-corrected chi connectivity index (χ2v) is 7.32. The maximum Gasteiger partial charge on any atom is 0.0446 e. The van der Waals surface area contributed by atoms with E-state index in [1.54, 1.807) is 0 Å². The van der Waals surface area contributed by atoms with Crippen molar-refractivity contribution in [3.63, 3.8) is 0 Å². The molecule has 0 aromatic rings. The Morgan fingerprint density at radius 1 is 1.22 bits per heavy atom. The molecule has 0 saturated carbocycles. The highest BCUT2D eigenvalue weighted by atomic mass is 16.3. The summed E-state index contributed by atoms with van der Waals surface area (Å²) in [5, 5.41) is 13.1. The van der Waals surface area contributed by atoms with Crippen LogP contribution in [0.5, 0.6) is 0 Å². The molecule has 0 aliphatic carbocycles. The van der Waals surface area contributed by atoms with E-state index in [1.165, 1.54) is 25.7 Å². The van der Waals surface area contributed by atoms with E-state index < -0.39 is 0 Å². The quantitative estimate of drug-likeness (QED) is 0.805. The smallest absolute Gasteiger partial charge is 0.0446 e. The standard InChI is InChI=1S/C15H30N2O/c1-15(2,3)14(7-8-18)16-11-9-12-5-6-13(10-11)17(12)4/h11-14,16,18H,5-10H2,1-4H3. The fourth-order valence-electron chi connectivity index (χ4n) is 3.73. The van der Waals surface area contributed by atoms with Crippen LogP contribution in [0.3, 0.4) is 0 Å². The first-order valence-electron chi connectivity index (χ1n) is 7.50. The number of hydrogen-bond donors (Lipinski definition) is 2. The van der Waals surface area contributed by atoms with Crippen LogP contribution < -0.4 is 5.32 Å². The molecule has 2 heterocycles. The van der Waals surface area contributed by atoms with Crippen LogP contribution >= 0.6 is 0 Å². The second-order valence-electron chi connectivity index (χ2n) is 7.32. The molecule has 3 unspecified atom stereocenters. The van der Waals surface area contributed by atoms with Crippen LogP contribution in [0.2, 0.25) is 0 Å². The molecule has 0 spiro atoms. The topological polar surface area (TPSA) is 35.5 Å². The zero-order valence-electron chi connectivity index (χ0n) is 12.4. The number of nitrogens with one attached hydrogen (secondary N) is 1.